The molecule has 0 N–H and O–H groups in total. The second-order valence-corrected chi connectivity index (χ2v) is 4.28. The van der Waals surface area contributed by atoms with Gasteiger partial charge in [0.25, 0.3) is 0 Å². The minimum Gasteiger partial charge on any atom is -0.352 e. The molecule has 1 atom stereocenters. The highest BCUT2D eigenvalue weighted by atomic mass is 35.5. The van der Waals surface area contributed by atoms with Crippen molar-refractivity contribution in [2.24, 2.45) is 0 Å². The van der Waals surface area contributed by atoms with E-state index in [4.69, 9.17) is 11.6 Å². The molecule has 1 aliphatic heterocycles. The van der Waals surface area contributed by atoms with Crippen LogP contribution in [0.15, 0.2) is 18.3 Å². The molecule has 0 saturated carbocycles. The number of aromatic nitrogens is 2. The lowest BCUT2D eigenvalue weighted by molar-refractivity contribution is 0.596. The van der Waals surface area contributed by atoms with Gasteiger partial charge in [0.2, 0.25) is 0 Å². The summed E-state index contributed by atoms with van der Waals surface area (Å²) in [6.07, 6.45) is 6.48. The zero-order valence-electron chi connectivity index (χ0n) is 8.77. The van der Waals surface area contributed by atoms with Crippen LogP contribution in [0.5, 0.6) is 0 Å². The summed E-state index contributed by atoms with van der Waals surface area (Å²) < 4.78 is 0. The number of nitrogens with zero attached hydrogens (tertiary/aromatic N) is 3. The summed E-state index contributed by atoms with van der Waals surface area (Å²) in [7, 11) is 0. The monoisotopic (exact) mass is 225 g/mol. The van der Waals surface area contributed by atoms with Crippen LogP contribution in [0.2, 0.25) is 0 Å². The van der Waals surface area contributed by atoms with Crippen LogP contribution in [0, 0.1) is 0 Å². The molecule has 4 heteroatoms. The Labute approximate surface area is 95.5 Å². The van der Waals surface area contributed by atoms with Gasteiger partial charge in [-0.3, -0.25) is 0 Å². The summed E-state index contributed by atoms with van der Waals surface area (Å²) >= 11 is 5.73. The van der Waals surface area contributed by atoms with Gasteiger partial charge in [0.05, 0.1) is 0 Å². The third-order valence-electron chi connectivity index (χ3n) is 2.90. The lowest BCUT2D eigenvalue weighted by Gasteiger charge is -2.24. The fraction of sp³-hybridized carbons (Fsp3) is 0.636. The maximum atomic E-state index is 5.73. The van der Waals surface area contributed by atoms with Crippen molar-refractivity contribution < 1.29 is 0 Å². The standard InChI is InChI=1S/C11H16ClN3/c12-7-1-4-10-5-3-9-15(10)11-6-2-8-13-14-11/h2,6,8,10H,1,3-5,7,9H2. The summed E-state index contributed by atoms with van der Waals surface area (Å²) in [6, 6.07) is 4.59. The van der Waals surface area contributed by atoms with Crippen LogP contribution in [-0.2, 0) is 0 Å². The van der Waals surface area contributed by atoms with Crippen molar-refractivity contribution in [1.29, 1.82) is 0 Å². The van der Waals surface area contributed by atoms with Gasteiger partial charge in [-0.15, -0.1) is 16.7 Å². The van der Waals surface area contributed by atoms with Crippen LogP contribution in [0.3, 0.4) is 0 Å². The molecule has 1 aliphatic rings. The van der Waals surface area contributed by atoms with E-state index < -0.39 is 0 Å². The quantitative estimate of drug-likeness (QED) is 0.738. The number of halogens is 1. The predicted octanol–water partition coefficient (Wildman–Crippen LogP) is 2.46. The van der Waals surface area contributed by atoms with Crippen molar-refractivity contribution in [2.75, 3.05) is 17.3 Å². The second-order valence-electron chi connectivity index (χ2n) is 3.90. The van der Waals surface area contributed by atoms with Crippen molar-refractivity contribution >= 4 is 17.4 Å². The van der Waals surface area contributed by atoms with Crippen molar-refractivity contribution in [2.45, 2.75) is 31.7 Å². The van der Waals surface area contributed by atoms with E-state index in [-0.39, 0.29) is 0 Å². The van der Waals surface area contributed by atoms with Gasteiger partial charge in [0.1, 0.15) is 0 Å². The fourth-order valence-corrected chi connectivity index (χ4v) is 2.35. The Hall–Kier alpha value is -0.830. The lowest BCUT2D eigenvalue weighted by atomic mass is 10.1. The van der Waals surface area contributed by atoms with Gasteiger partial charge in [0.15, 0.2) is 5.82 Å². The van der Waals surface area contributed by atoms with E-state index in [1.807, 2.05) is 12.1 Å². The van der Waals surface area contributed by atoms with Crippen LogP contribution in [0.4, 0.5) is 5.82 Å². The van der Waals surface area contributed by atoms with Gasteiger partial charge in [-0.25, -0.2) is 0 Å². The Morgan fingerprint density at radius 1 is 1.53 bits per heavy atom. The van der Waals surface area contributed by atoms with Gasteiger partial charge in [-0.05, 0) is 37.8 Å². The van der Waals surface area contributed by atoms with E-state index in [0.29, 0.717) is 6.04 Å². The fourth-order valence-electron chi connectivity index (χ4n) is 2.20. The van der Waals surface area contributed by atoms with Gasteiger partial charge < -0.3 is 4.90 Å². The SMILES string of the molecule is ClCCCC1CCCN1c1cccnn1. The molecule has 0 bridgehead atoms. The molecular formula is C11H16ClN3. The van der Waals surface area contributed by atoms with Crippen molar-refractivity contribution in [3.63, 3.8) is 0 Å². The molecule has 15 heavy (non-hydrogen) atoms. The first-order valence-corrected chi connectivity index (χ1v) is 6.05. The summed E-state index contributed by atoms with van der Waals surface area (Å²) in [5.41, 5.74) is 0. The highest BCUT2D eigenvalue weighted by Crippen LogP contribution is 2.25. The van der Waals surface area contributed by atoms with E-state index in [2.05, 4.69) is 15.1 Å². The normalized spacial score (nSPS) is 20.9. The highest BCUT2D eigenvalue weighted by Gasteiger charge is 2.24. The third kappa shape index (κ3) is 2.59. The number of hydrogen-bond acceptors (Lipinski definition) is 3. The zero-order chi connectivity index (χ0) is 10.5. The molecule has 82 valence electrons. The van der Waals surface area contributed by atoms with E-state index >= 15 is 0 Å². The van der Waals surface area contributed by atoms with Crippen molar-refractivity contribution in [3.8, 4) is 0 Å². The summed E-state index contributed by atoms with van der Waals surface area (Å²) in [6.45, 7) is 1.10. The number of alkyl halides is 1. The smallest absolute Gasteiger partial charge is 0.151 e. The van der Waals surface area contributed by atoms with Gasteiger partial charge in [0, 0.05) is 24.7 Å². The molecule has 0 radical (unpaired) electrons. The number of anilines is 1. The number of hydrogen-bond donors (Lipinski definition) is 0. The van der Waals surface area contributed by atoms with Gasteiger partial charge in [-0.1, -0.05) is 0 Å². The minimum atomic E-state index is 0.612. The molecule has 2 heterocycles. The largest absolute Gasteiger partial charge is 0.352 e. The van der Waals surface area contributed by atoms with Crippen molar-refractivity contribution in [1.82, 2.24) is 10.2 Å². The van der Waals surface area contributed by atoms with Crippen LogP contribution in [-0.4, -0.2) is 28.7 Å². The molecule has 1 fully saturated rings. The van der Waals surface area contributed by atoms with E-state index in [0.717, 1.165) is 24.7 Å². The summed E-state index contributed by atoms with van der Waals surface area (Å²) in [5.74, 6) is 1.76. The third-order valence-corrected chi connectivity index (χ3v) is 3.17. The maximum absolute atomic E-state index is 5.73. The Morgan fingerprint density at radius 3 is 3.20 bits per heavy atom. The Kier molecular flexibility index (Phi) is 3.78. The topological polar surface area (TPSA) is 29.0 Å². The molecule has 2 rings (SSSR count). The molecule has 1 unspecified atom stereocenters. The Balaban J connectivity index is 2.01. The van der Waals surface area contributed by atoms with Crippen LogP contribution in [0.1, 0.15) is 25.7 Å². The molecule has 1 aromatic heterocycles. The van der Waals surface area contributed by atoms with Gasteiger partial charge >= 0.3 is 0 Å². The van der Waals surface area contributed by atoms with Crippen molar-refractivity contribution in [3.05, 3.63) is 18.3 Å². The first-order valence-electron chi connectivity index (χ1n) is 5.52. The molecule has 0 aliphatic carbocycles. The summed E-state index contributed by atoms with van der Waals surface area (Å²) in [4.78, 5) is 2.36. The summed E-state index contributed by atoms with van der Waals surface area (Å²) in [5, 5.41) is 8.09. The van der Waals surface area contributed by atoms with Gasteiger partial charge in [-0.2, -0.15) is 5.10 Å². The zero-order valence-corrected chi connectivity index (χ0v) is 9.53. The molecule has 1 saturated heterocycles. The number of rotatable bonds is 4. The Morgan fingerprint density at radius 2 is 2.47 bits per heavy atom. The molecule has 0 aromatic carbocycles. The van der Waals surface area contributed by atoms with E-state index in [1.54, 1.807) is 6.20 Å². The Bertz CT molecular complexity index is 291. The van der Waals surface area contributed by atoms with Crippen LogP contribution in [0.25, 0.3) is 0 Å². The van der Waals surface area contributed by atoms with E-state index in [1.165, 1.54) is 19.3 Å². The molecule has 0 amide bonds. The maximum Gasteiger partial charge on any atom is 0.151 e. The minimum absolute atomic E-state index is 0.612. The lowest BCUT2D eigenvalue weighted by Crippen LogP contribution is -2.30. The first kappa shape index (κ1) is 10.7. The van der Waals surface area contributed by atoms with E-state index in [9.17, 15) is 0 Å². The van der Waals surface area contributed by atoms with Crippen LogP contribution >= 0.6 is 11.6 Å². The molecule has 3 nitrogen and oxygen atoms in total. The average Bonchev–Trinajstić information content (AvgIpc) is 2.75. The average molecular weight is 226 g/mol. The predicted molar refractivity (Wildman–Crippen MR) is 62.4 cm³/mol. The highest BCUT2D eigenvalue weighted by molar-refractivity contribution is 6.17. The van der Waals surface area contributed by atoms with Crippen LogP contribution < -0.4 is 4.90 Å². The first-order chi connectivity index (χ1) is 7.42. The molecule has 0 spiro atoms. The second kappa shape index (κ2) is 5.31. The molecule has 1 aromatic rings. The molecular weight excluding hydrogens is 210 g/mol.